The van der Waals surface area contributed by atoms with Crippen molar-refractivity contribution in [3.63, 3.8) is 0 Å². The minimum atomic E-state index is -0.254. The number of H-pyrrole nitrogens is 1. The number of hydrogen-bond acceptors (Lipinski definition) is 3. The normalized spacial score (nSPS) is 17.0. The van der Waals surface area contributed by atoms with E-state index in [4.69, 9.17) is 0 Å². The van der Waals surface area contributed by atoms with Crippen molar-refractivity contribution in [3.05, 3.63) is 47.5 Å². The molecule has 1 aliphatic heterocycles. The zero-order valence-corrected chi connectivity index (χ0v) is 15.4. The fourth-order valence-corrected chi connectivity index (χ4v) is 3.26. The van der Waals surface area contributed by atoms with Gasteiger partial charge in [-0.05, 0) is 50.6 Å². The van der Waals surface area contributed by atoms with Crippen LogP contribution in [0.3, 0.4) is 0 Å². The number of likely N-dealkylation sites (tertiary alicyclic amines) is 1. The van der Waals surface area contributed by atoms with Gasteiger partial charge in [0.1, 0.15) is 5.82 Å². The van der Waals surface area contributed by atoms with E-state index in [2.05, 4.69) is 37.6 Å². The molecule has 1 saturated heterocycles. The lowest BCUT2D eigenvalue weighted by molar-refractivity contribution is 0.229. The summed E-state index contributed by atoms with van der Waals surface area (Å²) in [6, 6.07) is 5.99. The van der Waals surface area contributed by atoms with Crippen LogP contribution in [-0.4, -0.2) is 47.3 Å². The van der Waals surface area contributed by atoms with Crippen LogP contribution < -0.4 is 10.6 Å². The fraction of sp³-hybridized carbons (Fsp3) is 0.400. The second-order valence-corrected chi connectivity index (χ2v) is 6.56. The maximum absolute atomic E-state index is 12.9. The molecule has 1 aromatic carbocycles. The molecule has 142 valence electrons. The number of urea groups is 1. The molecule has 1 atom stereocenters. The Morgan fingerprint density at radius 1 is 1.41 bits per heavy atom. The first-order chi connectivity index (χ1) is 13.2. The fourth-order valence-electron chi connectivity index (χ4n) is 3.26. The molecular formula is C20H24FN5O. The molecule has 2 heterocycles. The van der Waals surface area contributed by atoms with Gasteiger partial charge >= 0.3 is 6.03 Å². The number of piperidine rings is 1. The molecule has 0 bridgehead atoms. The van der Waals surface area contributed by atoms with Crippen LogP contribution in [0.5, 0.6) is 0 Å². The van der Waals surface area contributed by atoms with Crippen molar-refractivity contribution in [2.24, 2.45) is 0 Å². The van der Waals surface area contributed by atoms with Gasteiger partial charge in [0.15, 0.2) is 0 Å². The van der Waals surface area contributed by atoms with E-state index in [9.17, 15) is 9.18 Å². The van der Waals surface area contributed by atoms with E-state index in [0.29, 0.717) is 13.1 Å². The predicted octanol–water partition coefficient (Wildman–Crippen LogP) is 2.92. The number of nitrogens with one attached hydrogen (secondary N) is 3. The second kappa shape index (κ2) is 9.19. The molecule has 1 aliphatic rings. The number of aromatic nitrogens is 2. The monoisotopic (exact) mass is 369 g/mol. The first-order valence-corrected chi connectivity index (χ1v) is 9.20. The lowest BCUT2D eigenvalue weighted by Crippen LogP contribution is -2.35. The van der Waals surface area contributed by atoms with Crippen LogP contribution in [-0.2, 0) is 0 Å². The molecule has 0 saturated carbocycles. The van der Waals surface area contributed by atoms with Crippen molar-refractivity contribution in [1.29, 1.82) is 0 Å². The summed E-state index contributed by atoms with van der Waals surface area (Å²) in [5.74, 6) is 6.26. The number of carbonyl (C=O) groups excluding carboxylic acids is 1. The third-order valence-corrected chi connectivity index (χ3v) is 4.55. The van der Waals surface area contributed by atoms with E-state index < -0.39 is 0 Å². The summed E-state index contributed by atoms with van der Waals surface area (Å²) in [4.78, 5) is 14.1. The molecule has 3 N–H and O–H groups in total. The second-order valence-electron chi connectivity index (χ2n) is 6.56. The van der Waals surface area contributed by atoms with Crippen LogP contribution in [0.1, 0.15) is 36.9 Å². The van der Waals surface area contributed by atoms with Gasteiger partial charge in [0.2, 0.25) is 0 Å². The van der Waals surface area contributed by atoms with Crippen LogP contribution in [0.2, 0.25) is 0 Å². The molecule has 6 nitrogen and oxygen atoms in total. The molecule has 1 fully saturated rings. The Morgan fingerprint density at radius 3 is 3.00 bits per heavy atom. The number of anilines is 1. The summed E-state index contributed by atoms with van der Waals surface area (Å²) in [7, 11) is 0. The van der Waals surface area contributed by atoms with Gasteiger partial charge in [-0.1, -0.05) is 11.8 Å². The van der Waals surface area contributed by atoms with Crippen molar-refractivity contribution >= 4 is 11.7 Å². The number of hydrogen-bond donors (Lipinski definition) is 3. The van der Waals surface area contributed by atoms with E-state index in [-0.39, 0.29) is 17.8 Å². The highest BCUT2D eigenvalue weighted by Crippen LogP contribution is 2.30. The summed E-state index contributed by atoms with van der Waals surface area (Å²) in [5, 5.41) is 12.7. The Morgan fingerprint density at radius 2 is 2.22 bits per heavy atom. The number of nitrogens with zero attached hydrogens (tertiary/aromatic N) is 2. The van der Waals surface area contributed by atoms with E-state index in [0.717, 1.165) is 42.9 Å². The van der Waals surface area contributed by atoms with Gasteiger partial charge in [0, 0.05) is 24.6 Å². The van der Waals surface area contributed by atoms with Crippen LogP contribution in [0, 0.1) is 17.7 Å². The van der Waals surface area contributed by atoms with E-state index >= 15 is 0 Å². The first-order valence-electron chi connectivity index (χ1n) is 9.20. The molecule has 1 aromatic heterocycles. The Balaban J connectivity index is 1.59. The molecule has 2 amide bonds. The van der Waals surface area contributed by atoms with Gasteiger partial charge in [-0.2, -0.15) is 5.10 Å². The Labute approximate surface area is 158 Å². The number of amides is 2. The van der Waals surface area contributed by atoms with Crippen molar-refractivity contribution in [1.82, 2.24) is 20.4 Å². The molecule has 27 heavy (non-hydrogen) atoms. The molecule has 0 aliphatic carbocycles. The average molecular weight is 369 g/mol. The van der Waals surface area contributed by atoms with Gasteiger partial charge < -0.3 is 10.6 Å². The zero-order valence-electron chi connectivity index (χ0n) is 15.4. The Bertz CT molecular complexity index is 821. The zero-order chi connectivity index (χ0) is 19.1. The van der Waals surface area contributed by atoms with Gasteiger partial charge in [-0.25, -0.2) is 9.18 Å². The molecule has 0 radical (unpaired) electrons. The van der Waals surface area contributed by atoms with Crippen molar-refractivity contribution < 1.29 is 9.18 Å². The van der Waals surface area contributed by atoms with Crippen molar-refractivity contribution in [2.45, 2.75) is 25.7 Å². The predicted molar refractivity (Wildman–Crippen MR) is 103 cm³/mol. The maximum Gasteiger partial charge on any atom is 0.319 e. The summed E-state index contributed by atoms with van der Waals surface area (Å²) in [6.07, 6.45) is 3.74. The molecule has 0 unspecified atom stereocenters. The number of aromatic amines is 1. The van der Waals surface area contributed by atoms with Crippen LogP contribution in [0.25, 0.3) is 0 Å². The first kappa shape index (κ1) is 18.9. The Kier molecular flexibility index (Phi) is 6.44. The van der Waals surface area contributed by atoms with E-state index in [1.54, 1.807) is 18.3 Å². The number of halogens is 1. The largest absolute Gasteiger partial charge is 0.338 e. The van der Waals surface area contributed by atoms with Crippen LogP contribution in [0.4, 0.5) is 14.9 Å². The number of rotatable bonds is 4. The summed E-state index contributed by atoms with van der Waals surface area (Å²) in [5.41, 5.74) is 2.49. The summed E-state index contributed by atoms with van der Waals surface area (Å²) >= 11 is 0. The standard InChI is InChI=1S/C20H24FN5O/c1-2-22-20(27)24-18-13-23-25-19(18)16-6-4-12-26(14-16)11-3-5-15-7-9-17(21)10-8-15/h7-10,13,16H,2,4,6,11-12,14H2,1H3,(H,23,25)(H2,22,24,27)/t16-/m0/s1. The van der Waals surface area contributed by atoms with Crippen molar-refractivity contribution in [2.75, 3.05) is 31.5 Å². The van der Waals surface area contributed by atoms with Crippen LogP contribution in [0.15, 0.2) is 30.5 Å². The third-order valence-electron chi connectivity index (χ3n) is 4.55. The molecule has 3 rings (SSSR count). The molecule has 7 heteroatoms. The molecule has 2 aromatic rings. The van der Waals surface area contributed by atoms with E-state index in [1.165, 1.54) is 12.1 Å². The highest BCUT2D eigenvalue weighted by atomic mass is 19.1. The average Bonchev–Trinajstić information content (AvgIpc) is 3.12. The topological polar surface area (TPSA) is 73.0 Å². The minimum absolute atomic E-state index is 0.224. The van der Waals surface area contributed by atoms with Gasteiger partial charge in [-0.3, -0.25) is 10.00 Å². The smallest absolute Gasteiger partial charge is 0.319 e. The lowest BCUT2D eigenvalue weighted by Gasteiger charge is -2.31. The van der Waals surface area contributed by atoms with Crippen LogP contribution >= 0.6 is 0 Å². The Hall–Kier alpha value is -2.85. The molecular weight excluding hydrogens is 345 g/mol. The molecule has 0 spiro atoms. The summed E-state index contributed by atoms with van der Waals surface area (Å²) in [6.45, 7) is 4.94. The van der Waals surface area contributed by atoms with Gasteiger partial charge in [0.05, 0.1) is 24.1 Å². The highest BCUT2D eigenvalue weighted by Gasteiger charge is 2.24. The lowest BCUT2D eigenvalue weighted by atomic mass is 9.94. The number of benzene rings is 1. The van der Waals surface area contributed by atoms with E-state index in [1.807, 2.05) is 6.92 Å². The third kappa shape index (κ3) is 5.31. The minimum Gasteiger partial charge on any atom is -0.338 e. The maximum atomic E-state index is 12.9. The van der Waals surface area contributed by atoms with Gasteiger partial charge in [-0.15, -0.1) is 0 Å². The van der Waals surface area contributed by atoms with Gasteiger partial charge in [0.25, 0.3) is 0 Å². The number of carbonyl (C=O) groups is 1. The van der Waals surface area contributed by atoms with Crippen molar-refractivity contribution in [3.8, 4) is 11.8 Å². The quantitative estimate of drug-likeness (QED) is 0.726. The summed E-state index contributed by atoms with van der Waals surface area (Å²) < 4.78 is 12.9. The SMILES string of the molecule is CCNC(=O)Nc1cn[nH]c1[C@H]1CCCN(CC#Cc2ccc(F)cc2)C1. The highest BCUT2D eigenvalue weighted by molar-refractivity contribution is 5.89.